The van der Waals surface area contributed by atoms with Gasteiger partial charge in [0.15, 0.2) is 0 Å². The molecule has 0 radical (unpaired) electrons. The predicted octanol–water partition coefficient (Wildman–Crippen LogP) is 35.3. The standard InChI is InChI=1S/C142H118B2N6/c1-139(2,3)103-81-73-99(74-82-103)111-57-31-37-67-123(111)145(107-53-27-17-28-54-107)109-89-131-135-133(91-109)149(137-115(95-45-19-13-20-46-95)61-43-62-116(137)96-47-21-14-22-48-96)129-94-130-122(93-121(129)143(135)119-65-35-41-71-127(119)147(131)125-69-39-33-59-113(125)101-77-85-105(86-78-101)141(7,8)9)144-120-66-36-42-72-128(120)148(126-70-40-34-60-114(126)102-79-87-106(88-80-102)142(10,11)12)132-90-110(146(108-55-29-18-30-56-108)124-68-38-32-58-112(124)100-75-83-104(84-76-100)140(4,5)6)92-134(136(132)144)150(130)138-117(97-49-23-15-24-50-97)63-44-64-118(138)98-51-25-16-26-52-98/h13-94H,1-12H3. The van der Waals surface area contributed by atoms with E-state index in [1.807, 2.05) is 0 Å². The Labute approximate surface area is 885 Å². The second-order valence-electron chi connectivity index (χ2n) is 44.7. The molecule has 0 spiro atoms. The Hall–Kier alpha value is -17.5. The Morgan fingerprint density at radius 3 is 0.693 bits per heavy atom. The average molecular weight is 1930 g/mol. The Kier molecular flexibility index (Phi) is 23.4. The predicted molar refractivity (Wildman–Crippen MR) is 642 cm³/mol. The van der Waals surface area contributed by atoms with Crippen molar-refractivity contribution in [2.45, 2.75) is 105 Å². The summed E-state index contributed by atoms with van der Waals surface area (Å²) in [5, 5.41) is 0. The lowest BCUT2D eigenvalue weighted by Gasteiger charge is -2.48. The van der Waals surface area contributed by atoms with E-state index in [0.29, 0.717) is 0 Å². The van der Waals surface area contributed by atoms with Gasteiger partial charge >= 0.3 is 0 Å². The van der Waals surface area contributed by atoms with Gasteiger partial charge in [0, 0.05) is 101 Å². The van der Waals surface area contributed by atoms with Gasteiger partial charge in [-0.2, -0.15) is 0 Å². The molecule has 0 unspecified atom stereocenters. The fourth-order valence-electron chi connectivity index (χ4n) is 23.8. The summed E-state index contributed by atoms with van der Waals surface area (Å²) in [6.07, 6.45) is 0. The van der Waals surface area contributed by atoms with Gasteiger partial charge < -0.3 is 29.4 Å². The number of nitrogens with zero attached hydrogens (tertiary/aromatic N) is 6. The normalized spacial score (nSPS) is 12.9. The van der Waals surface area contributed by atoms with Gasteiger partial charge in [-0.3, -0.25) is 0 Å². The van der Waals surface area contributed by atoms with Crippen LogP contribution in [0.15, 0.2) is 497 Å². The maximum Gasteiger partial charge on any atom is 0.252 e. The van der Waals surface area contributed by atoms with Gasteiger partial charge in [-0.15, -0.1) is 0 Å². The van der Waals surface area contributed by atoms with E-state index < -0.39 is 13.4 Å². The first-order chi connectivity index (χ1) is 73.0. The van der Waals surface area contributed by atoms with Gasteiger partial charge in [-0.25, -0.2) is 0 Å². The van der Waals surface area contributed by atoms with Crippen LogP contribution in [0.4, 0.5) is 102 Å². The topological polar surface area (TPSA) is 19.4 Å². The van der Waals surface area contributed by atoms with Gasteiger partial charge in [0.1, 0.15) is 0 Å². The van der Waals surface area contributed by atoms with E-state index in [9.17, 15) is 0 Å². The third-order valence-corrected chi connectivity index (χ3v) is 31.3. The van der Waals surface area contributed by atoms with Crippen LogP contribution in [-0.4, -0.2) is 13.4 Å². The first-order valence-electron chi connectivity index (χ1n) is 52.9. The van der Waals surface area contributed by atoms with E-state index in [-0.39, 0.29) is 21.7 Å². The molecule has 0 amide bonds. The highest BCUT2D eigenvalue weighted by Crippen LogP contribution is 2.59. The molecule has 0 atom stereocenters. The highest BCUT2D eigenvalue weighted by molar-refractivity contribution is 7.03. The first-order valence-corrected chi connectivity index (χ1v) is 52.9. The highest BCUT2D eigenvalue weighted by atomic mass is 15.2. The molecular weight excluding hydrogens is 1810 g/mol. The number of hydrogen-bond donors (Lipinski definition) is 0. The van der Waals surface area contributed by atoms with Crippen molar-refractivity contribution >= 4 is 149 Å². The van der Waals surface area contributed by atoms with Gasteiger partial charge in [0.2, 0.25) is 0 Å². The molecule has 0 aromatic heterocycles. The van der Waals surface area contributed by atoms with Crippen molar-refractivity contribution in [2.24, 2.45) is 0 Å². The molecule has 4 aliphatic heterocycles. The number of fused-ring (bicyclic) bond motifs is 8. The van der Waals surface area contributed by atoms with Crippen molar-refractivity contribution < 1.29 is 0 Å². The van der Waals surface area contributed by atoms with Crippen molar-refractivity contribution in [1.82, 2.24) is 0 Å². The third-order valence-electron chi connectivity index (χ3n) is 31.3. The summed E-state index contributed by atoms with van der Waals surface area (Å²) in [6, 6.07) is 190. The van der Waals surface area contributed by atoms with Crippen LogP contribution in [0.2, 0.25) is 0 Å². The number of para-hydroxylation sites is 10. The summed E-state index contributed by atoms with van der Waals surface area (Å²) in [5.74, 6) is 0. The highest BCUT2D eigenvalue weighted by Gasteiger charge is 2.51. The number of hydrogen-bond acceptors (Lipinski definition) is 6. The van der Waals surface area contributed by atoms with Gasteiger partial charge in [0.05, 0.1) is 45.5 Å². The summed E-state index contributed by atoms with van der Waals surface area (Å²) >= 11 is 0. The van der Waals surface area contributed by atoms with E-state index in [4.69, 9.17) is 0 Å². The lowest BCUT2D eigenvalue weighted by Crippen LogP contribution is -2.65. The van der Waals surface area contributed by atoms with Gasteiger partial charge in [0.25, 0.3) is 13.4 Å². The maximum atomic E-state index is 2.77. The monoisotopic (exact) mass is 1930 g/mol. The van der Waals surface area contributed by atoms with Crippen molar-refractivity contribution in [3.8, 4) is 89.0 Å². The van der Waals surface area contributed by atoms with Crippen molar-refractivity contribution in [2.75, 3.05) is 29.4 Å². The molecule has 21 aromatic carbocycles. The molecule has 0 aliphatic carbocycles. The lowest BCUT2D eigenvalue weighted by molar-refractivity contribution is 0.590. The summed E-state index contributed by atoms with van der Waals surface area (Å²) in [7, 11) is 0. The first kappa shape index (κ1) is 93.6. The smallest absolute Gasteiger partial charge is 0.252 e. The Balaban J connectivity index is 0.863. The lowest BCUT2D eigenvalue weighted by atomic mass is 9.30. The molecule has 0 saturated carbocycles. The number of rotatable bonds is 18. The summed E-state index contributed by atoms with van der Waals surface area (Å²) < 4.78 is 0. The zero-order chi connectivity index (χ0) is 102. The molecule has 0 fully saturated rings. The fraction of sp³-hybridized carbons (Fsp3) is 0.113. The van der Waals surface area contributed by atoms with Crippen LogP contribution in [0, 0.1) is 0 Å². The van der Waals surface area contributed by atoms with Crippen molar-refractivity contribution in [3.05, 3.63) is 520 Å². The molecule has 4 heterocycles. The molecule has 0 saturated heterocycles. The summed E-state index contributed by atoms with van der Waals surface area (Å²) in [4.78, 5) is 16.0. The molecule has 0 bridgehead atoms. The van der Waals surface area contributed by atoms with Crippen LogP contribution >= 0.6 is 0 Å². The maximum absolute atomic E-state index is 2.77. The van der Waals surface area contributed by atoms with Crippen LogP contribution in [-0.2, 0) is 21.7 Å². The van der Waals surface area contributed by atoms with E-state index in [1.165, 1.54) is 55.0 Å². The fourth-order valence-corrected chi connectivity index (χ4v) is 23.8. The van der Waals surface area contributed by atoms with E-state index in [0.717, 1.165) is 191 Å². The molecule has 0 N–H and O–H groups in total. The molecule has 8 heteroatoms. The molecule has 6 nitrogen and oxygen atoms in total. The van der Waals surface area contributed by atoms with Crippen LogP contribution in [0.3, 0.4) is 0 Å². The van der Waals surface area contributed by atoms with E-state index >= 15 is 0 Å². The zero-order valence-electron chi connectivity index (χ0n) is 87.2. The van der Waals surface area contributed by atoms with Gasteiger partial charge in [-0.1, -0.05) is 490 Å². The van der Waals surface area contributed by atoms with E-state index in [1.54, 1.807) is 0 Å². The average Bonchev–Trinajstić information content (AvgIpc) is 0.673. The molecule has 4 aliphatic rings. The molecular formula is C142H118B2N6. The van der Waals surface area contributed by atoms with E-state index in [2.05, 4.69) is 610 Å². The molecule has 150 heavy (non-hydrogen) atoms. The van der Waals surface area contributed by atoms with Crippen LogP contribution in [0.1, 0.15) is 105 Å². The second-order valence-corrected chi connectivity index (χ2v) is 44.7. The van der Waals surface area contributed by atoms with Crippen LogP contribution < -0.4 is 62.2 Å². The minimum atomic E-state index is -0.418. The molecule has 21 aromatic rings. The Bertz CT molecular complexity index is 8090. The SMILES string of the molecule is CC(C)(C)c1ccc(-c2ccccc2N(c2ccccc2)c2cc3c4c(c2)N(c2c(-c5ccccc5)cccc2-c2ccccc2)c2cc5c(cc2B4c2ccccc2N3c2ccccc2-c2ccc(C(C)(C)C)cc2)B2c3ccccc3N(c3ccccc3-c3ccc(C(C)(C)C)cc3)c3cc(N(c4ccccc4)c4ccccc4-c4ccc(C(C)(C)C)cc4)cc(c32)N5c2c(-c3ccccc3)cccc2-c2ccccc2)cc1. The quantitative estimate of drug-likeness (QED) is 0.0792. The largest absolute Gasteiger partial charge is 0.311 e. The third kappa shape index (κ3) is 16.5. The number of anilines is 18. The Morgan fingerprint density at radius 2 is 0.393 bits per heavy atom. The second kappa shape index (κ2) is 37.5. The van der Waals surface area contributed by atoms with Crippen LogP contribution in [0.25, 0.3) is 89.0 Å². The summed E-state index contributed by atoms with van der Waals surface area (Å²) in [5.41, 5.74) is 48.3. The molecule has 722 valence electrons. The number of benzene rings is 21. The minimum Gasteiger partial charge on any atom is -0.311 e. The Morgan fingerprint density at radius 1 is 0.160 bits per heavy atom. The summed E-state index contributed by atoms with van der Waals surface area (Å²) in [6.45, 7) is 26.9. The van der Waals surface area contributed by atoms with Crippen LogP contribution in [0.5, 0.6) is 0 Å². The zero-order valence-corrected chi connectivity index (χ0v) is 87.2. The van der Waals surface area contributed by atoms with Crippen molar-refractivity contribution in [1.29, 1.82) is 0 Å². The van der Waals surface area contributed by atoms with Crippen molar-refractivity contribution in [3.63, 3.8) is 0 Å². The van der Waals surface area contributed by atoms with Gasteiger partial charge in [-0.05, 0) is 212 Å². The minimum absolute atomic E-state index is 0.0676. The molecule has 25 rings (SSSR count).